The molecule has 1 saturated carbocycles. The van der Waals surface area contributed by atoms with Crippen LogP contribution >= 0.6 is 12.2 Å². The fourth-order valence-corrected chi connectivity index (χ4v) is 1.76. The summed E-state index contributed by atoms with van der Waals surface area (Å²) < 4.78 is 0. The molecule has 0 heterocycles. The van der Waals surface area contributed by atoms with Crippen molar-refractivity contribution < 1.29 is 4.79 Å². The Morgan fingerprint density at radius 3 is 2.50 bits per heavy atom. The molecular weight excluding hydrogens is 220 g/mol. The molecule has 1 aliphatic carbocycles. The van der Waals surface area contributed by atoms with Crippen molar-refractivity contribution in [3.8, 4) is 0 Å². The number of benzene rings is 1. The SMILES string of the molecule is NC(=S)C(NC(=O)C1CC1)c1ccccc1. The fraction of sp³-hybridized carbons (Fsp3) is 0.333. The summed E-state index contributed by atoms with van der Waals surface area (Å²) in [5.41, 5.74) is 6.59. The zero-order valence-corrected chi connectivity index (χ0v) is 9.67. The van der Waals surface area contributed by atoms with Gasteiger partial charge in [0.2, 0.25) is 5.91 Å². The predicted octanol–water partition coefficient (Wildman–Crippen LogP) is 1.54. The number of carbonyl (C=O) groups is 1. The molecule has 4 heteroatoms. The molecule has 3 N–H and O–H groups in total. The molecule has 0 bridgehead atoms. The second-order valence-electron chi connectivity index (χ2n) is 4.03. The lowest BCUT2D eigenvalue weighted by Gasteiger charge is -2.17. The Balaban J connectivity index is 2.11. The van der Waals surface area contributed by atoms with E-state index in [-0.39, 0.29) is 17.9 Å². The number of rotatable bonds is 4. The molecule has 1 unspecified atom stereocenters. The predicted molar refractivity (Wildman–Crippen MR) is 66.8 cm³/mol. The Bertz CT molecular complexity index is 401. The fourth-order valence-electron chi connectivity index (χ4n) is 1.57. The highest BCUT2D eigenvalue weighted by atomic mass is 32.1. The average Bonchev–Trinajstić information content (AvgIpc) is 3.10. The zero-order valence-electron chi connectivity index (χ0n) is 8.85. The summed E-state index contributed by atoms with van der Waals surface area (Å²) in [6.45, 7) is 0. The Labute approximate surface area is 100 Å². The van der Waals surface area contributed by atoms with E-state index in [4.69, 9.17) is 18.0 Å². The van der Waals surface area contributed by atoms with Crippen molar-refractivity contribution in [3.05, 3.63) is 35.9 Å². The van der Waals surface area contributed by atoms with Crippen molar-refractivity contribution in [3.63, 3.8) is 0 Å². The van der Waals surface area contributed by atoms with E-state index in [1.165, 1.54) is 0 Å². The van der Waals surface area contributed by atoms with Gasteiger partial charge in [-0.05, 0) is 18.4 Å². The minimum atomic E-state index is -0.343. The molecule has 0 aromatic heterocycles. The Morgan fingerprint density at radius 1 is 1.38 bits per heavy atom. The van der Waals surface area contributed by atoms with Crippen LogP contribution in [0.25, 0.3) is 0 Å². The average molecular weight is 234 g/mol. The molecule has 1 aromatic carbocycles. The summed E-state index contributed by atoms with van der Waals surface area (Å²) in [6, 6.07) is 9.22. The van der Waals surface area contributed by atoms with Crippen LogP contribution in [-0.4, -0.2) is 10.9 Å². The van der Waals surface area contributed by atoms with Gasteiger partial charge in [-0.2, -0.15) is 0 Å². The molecule has 0 radical (unpaired) electrons. The Hall–Kier alpha value is -1.42. The van der Waals surface area contributed by atoms with Gasteiger partial charge in [0.1, 0.15) is 11.0 Å². The molecule has 1 amide bonds. The monoisotopic (exact) mass is 234 g/mol. The van der Waals surface area contributed by atoms with Crippen molar-refractivity contribution in [1.29, 1.82) is 0 Å². The van der Waals surface area contributed by atoms with Crippen LogP contribution in [0.5, 0.6) is 0 Å². The van der Waals surface area contributed by atoms with Gasteiger partial charge in [0.05, 0.1) is 0 Å². The van der Waals surface area contributed by atoms with Gasteiger partial charge < -0.3 is 11.1 Å². The maximum atomic E-state index is 11.7. The smallest absolute Gasteiger partial charge is 0.223 e. The van der Waals surface area contributed by atoms with Crippen molar-refractivity contribution in [2.24, 2.45) is 11.7 Å². The molecule has 1 aliphatic rings. The first-order valence-corrected chi connectivity index (χ1v) is 5.74. The van der Waals surface area contributed by atoms with E-state index in [2.05, 4.69) is 5.32 Å². The molecule has 16 heavy (non-hydrogen) atoms. The van der Waals surface area contributed by atoms with Crippen molar-refractivity contribution in [1.82, 2.24) is 5.32 Å². The highest BCUT2D eigenvalue weighted by molar-refractivity contribution is 7.80. The third-order valence-electron chi connectivity index (χ3n) is 2.65. The number of hydrogen-bond donors (Lipinski definition) is 2. The minimum Gasteiger partial charge on any atom is -0.391 e. The van der Waals surface area contributed by atoms with Crippen LogP contribution in [0.15, 0.2) is 30.3 Å². The molecule has 2 rings (SSSR count). The van der Waals surface area contributed by atoms with Crippen molar-refractivity contribution in [2.75, 3.05) is 0 Å². The molecule has 0 saturated heterocycles. The van der Waals surface area contributed by atoms with Gasteiger partial charge in [-0.1, -0.05) is 42.5 Å². The summed E-state index contributed by atoms with van der Waals surface area (Å²) in [5.74, 6) is 0.224. The summed E-state index contributed by atoms with van der Waals surface area (Å²) in [4.78, 5) is 12.0. The lowest BCUT2D eigenvalue weighted by Crippen LogP contribution is -2.37. The van der Waals surface area contributed by atoms with Gasteiger partial charge in [0.15, 0.2) is 0 Å². The Morgan fingerprint density at radius 2 is 2.00 bits per heavy atom. The maximum absolute atomic E-state index is 11.7. The van der Waals surface area contributed by atoms with Gasteiger partial charge >= 0.3 is 0 Å². The lowest BCUT2D eigenvalue weighted by molar-refractivity contribution is -0.122. The first-order chi connectivity index (χ1) is 7.68. The van der Waals surface area contributed by atoms with E-state index in [0.29, 0.717) is 4.99 Å². The summed E-state index contributed by atoms with van der Waals surface area (Å²) in [6.07, 6.45) is 1.95. The van der Waals surface area contributed by atoms with Crippen LogP contribution in [0.3, 0.4) is 0 Å². The minimum absolute atomic E-state index is 0.0571. The molecule has 1 fully saturated rings. The lowest BCUT2D eigenvalue weighted by atomic mass is 10.1. The maximum Gasteiger partial charge on any atom is 0.223 e. The number of hydrogen-bond acceptors (Lipinski definition) is 2. The van der Waals surface area contributed by atoms with Crippen LogP contribution in [0.4, 0.5) is 0 Å². The molecule has 0 spiro atoms. The molecular formula is C12H14N2OS. The molecule has 1 atom stereocenters. The zero-order chi connectivity index (χ0) is 11.5. The summed E-state index contributed by atoms with van der Waals surface area (Å²) in [5, 5.41) is 2.89. The number of carbonyl (C=O) groups excluding carboxylic acids is 1. The van der Waals surface area contributed by atoms with E-state index < -0.39 is 0 Å². The van der Waals surface area contributed by atoms with Gasteiger partial charge in [-0.15, -0.1) is 0 Å². The standard InChI is InChI=1S/C12H14N2OS/c13-11(16)10(8-4-2-1-3-5-8)14-12(15)9-6-7-9/h1-5,9-10H,6-7H2,(H2,13,16)(H,14,15). The summed E-state index contributed by atoms with van der Waals surface area (Å²) in [7, 11) is 0. The van der Waals surface area contributed by atoms with Crippen LogP contribution < -0.4 is 11.1 Å². The van der Waals surface area contributed by atoms with Crippen LogP contribution in [0.2, 0.25) is 0 Å². The number of amides is 1. The van der Waals surface area contributed by atoms with Crippen molar-refractivity contribution >= 4 is 23.1 Å². The van der Waals surface area contributed by atoms with E-state index in [1.54, 1.807) is 0 Å². The molecule has 0 aliphatic heterocycles. The second kappa shape index (κ2) is 4.61. The van der Waals surface area contributed by atoms with E-state index >= 15 is 0 Å². The number of nitrogens with two attached hydrogens (primary N) is 1. The first-order valence-electron chi connectivity index (χ1n) is 5.33. The molecule has 1 aromatic rings. The third-order valence-corrected chi connectivity index (χ3v) is 2.89. The molecule has 84 valence electrons. The van der Waals surface area contributed by atoms with Gasteiger partial charge in [0.25, 0.3) is 0 Å². The molecule has 3 nitrogen and oxygen atoms in total. The van der Waals surface area contributed by atoms with E-state index in [1.807, 2.05) is 30.3 Å². The number of thiocarbonyl (C=S) groups is 1. The van der Waals surface area contributed by atoms with Crippen LogP contribution in [0.1, 0.15) is 24.4 Å². The summed E-state index contributed by atoms with van der Waals surface area (Å²) >= 11 is 4.99. The van der Waals surface area contributed by atoms with Gasteiger partial charge in [-0.25, -0.2) is 0 Å². The number of nitrogens with one attached hydrogen (secondary N) is 1. The highest BCUT2D eigenvalue weighted by Crippen LogP contribution is 2.29. The first kappa shape index (κ1) is 11.1. The quantitative estimate of drug-likeness (QED) is 0.777. The van der Waals surface area contributed by atoms with E-state index in [0.717, 1.165) is 18.4 Å². The Kier molecular flexibility index (Phi) is 3.19. The topological polar surface area (TPSA) is 55.1 Å². The van der Waals surface area contributed by atoms with Crippen LogP contribution in [-0.2, 0) is 4.79 Å². The highest BCUT2D eigenvalue weighted by Gasteiger charge is 2.31. The van der Waals surface area contributed by atoms with Crippen molar-refractivity contribution in [2.45, 2.75) is 18.9 Å². The second-order valence-corrected chi connectivity index (χ2v) is 4.50. The van der Waals surface area contributed by atoms with Gasteiger partial charge in [0, 0.05) is 5.92 Å². The largest absolute Gasteiger partial charge is 0.391 e. The van der Waals surface area contributed by atoms with Gasteiger partial charge in [-0.3, -0.25) is 4.79 Å². The normalized spacial score (nSPS) is 16.5. The third kappa shape index (κ3) is 2.58. The van der Waals surface area contributed by atoms with E-state index in [9.17, 15) is 4.79 Å². The van der Waals surface area contributed by atoms with Crippen LogP contribution in [0, 0.1) is 5.92 Å².